The normalized spacial score (nSPS) is 20.8. The lowest BCUT2D eigenvalue weighted by Gasteiger charge is -2.38. The number of carbonyl (C=O) groups is 2. The molecule has 0 bridgehead atoms. The molecule has 1 aromatic rings. The van der Waals surface area contributed by atoms with Gasteiger partial charge in [-0.25, -0.2) is 4.79 Å². The monoisotopic (exact) mass is 411 g/mol. The molecule has 4 nitrogen and oxygen atoms in total. The van der Waals surface area contributed by atoms with Gasteiger partial charge in [-0.15, -0.1) is 0 Å². The van der Waals surface area contributed by atoms with Gasteiger partial charge in [-0.3, -0.25) is 4.79 Å². The van der Waals surface area contributed by atoms with Crippen LogP contribution >= 0.6 is 0 Å². The topological polar surface area (TPSA) is 46.6 Å². The van der Waals surface area contributed by atoms with Crippen LogP contribution in [0, 0.1) is 0 Å². The number of rotatable bonds is 3. The molecule has 1 saturated heterocycles. The van der Waals surface area contributed by atoms with Crippen molar-refractivity contribution >= 4 is 11.9 Å². The average molecular weight is 411 g/mol. The van der Waals surface area contributed by atoms with Gasteiger partial charge in [0.25, 0.3) is 5.91 Å². The summed E-state index contributed by atoms with van der Waals surface area (Å²) in [7, 11) is 0. The van der Waals surface area contributed by atoms with Crippen molar-refractivity contribution in [1.82, 2.24) is 4.90 Å². The molecule has 1 amide bonds. The highest BCUT2D eigenvalue weighted by Crippen LogP contribution is 2.36. The van der Waals surface area contributed by atoms with Gasteiger partial charge in [0.1, 0.15) is 0 Å². The van der Waals surface area contributed by atoms with Crippen LogP contribution in [0.1, 0.15) is 54.6 Å². The summed E-state index contributed by atoms with van der Waals surface area (Å²) in [4.78, 5) is 25.8. The molecule has 0 unspecified atom stereocenters. The molecule has 1 aromatic carbocycles. The van der Waals surface area contributed by atoms with E-state index in [4.69, 9.17) is 4.74 Å². The first-order valence-corrected chi connectivity index (χ1v) is 8.58. The predicted octanol–water partition coefficient (Wildman–Crippen LogP) is 4.67. The molecule has 0 saturated carbocycles. The zero-order chi connectivity index (χ0) is 21.3. The van der Waals surface area contributed by atoms with Crippen molar-refractivity contribution in [3.05, 3.63) is 34.9 Å². The first-order chi connectivity index (χ1) is 12.8. The molecule has 1 aliphatic heterocycles. The molecule has 28 heavy (non-hydrogen) atoms. The summed E-state index contributed by atoms with van der Waals surface area (Å²) in [5.74, 6) is -1.97. The molecule has 10 heteroatoms. The maximum atomic E-state index is 12.9. The van der Waals surface area contributed by atoms with E-state index in [0.29, 0.717) is 0 Å². The third-order valence-corrected chi connectivity index (χ3v) is 4.63. The van der Waals surface area contributed by atoms with Crippen molar-refractivity contribution in [1.29, 1.82) is 0 Å². The van der Waals surface area contributed by atoms with E-state index in [0.717, 1.165) is 19.3 Å². The smallest absolute Gasteiger partial charge is 0.416 e. The Bertz CT molecular complexity index is 702. The highest BCUT2D eigenvalue weighted by atomic mass is 19.4. The summed E-state index contributed by atoms with van der Waals surface area (Å²) in [5.41, 5.74) is -4.17. The number of benzene rings is 1. The number of carbonyl (C=O) groups excluding carboxylic acids is 2. The van der Waals surface area contributed by atoms with Gasteiger partial charge in [0, 0.05) is 12.1 Å². The molecule has 2 rings (SSSR count). The van der Waals surface area contributed by atoms with E-state index in [1.165, 1.54) is 4.90 Å². The van der Waals surface area contributed by atoms with Crippen molar-refractivity contribution in [3.63, 3.8) is 0 Å². The van der Waals surface area contributed by atoms with Crippen LogP contribution in [-0.2, 0) is 21.9 Å². The Kier molecular flexibility index (Phi) is 6.30. The summed E-state index contributed by atoms with van der Waals surface area (Å²) in [6, 6.07) is 0.266. The molecule has 0 aromatic heterocycles. The van der Waals surface area contributed by atoms with Crippen LogP contribution in [-0.4, -0.2) is 35.5 Å². The number of halogens is 6. The minimum absolute atomic E-state index is 0.0843. The third kappa shape index (κ3) is 5.17. The Labute approximate surface area is 157 Å². The highest BCUT2D eigenvalue weighted by Gasteiger charge is 2.38. The molecule has 1 aliphatic rings. The second-order valence-electron chi connectivity index (χ2n) is 6.80. The van der Waals surface area contributed by atoms with Gasteiger partial charge in [-0.05, 0) is 51.3 Å². The Morgan fingerprint density at radius 3 is 1.86 bits per heavy atom. The Balaban J connectivity index is 2.18. The van der Waals surface area contributed by atoms with E-state index >= 15 is 0 Å². The zero-order valence-electron chi connectivity index (χ0n) is 15.2. The largest absolute Gasteiger partial charge is 0.452 e. The lowest BCUT2D eigenvalue weighted by Crippen LogP contribution is -2.49. The van der Waals surface area contributed by atoms with Crippen LogP contribution in [0.15, 0.2) is 18.2 Å². The molecule has 0 radical (unpaired) electrons. The van der Waals surface area contributed by atoms with Crippen LogP contribution in [0.2, 0.25) is 0 Å². The van der Waals surface area contributed by atoms with Gasteiger partial charge >= 0.3 is 18.3 Å². The SMILES string of the molecule is C[C@H]1CCC[C@H](C)N1C(=O)COC(=O)c1cc(C(F)(F)F)cc(C(F)(F)F)c1. The highest BCUT2D eigenvalue weighted by molar-refractivity contribution is 5.92. The fraction of sp³-hybridized carbons (Fsp3) is 0.556. The fourth-order valence-electron chi connectivity index (χ4n) is 3.27. The van der Waals surface area contributed by atoms with Crippen LogP contribution < -0.4 is 0 Å². The van der Waals surface area contributed by atoms with Crippen molar-refractivity contribution < 1.29 is 40.7 Å². The van der Waals surface area contributed by atoms with Gasteiger partial charge in [0.15, 0.2) is 6.61 Å². The van der Waals surface area contributed by atoms with Crippen molar-refractivity contribution in [3.8, 4) is 0 Å². The van der Waals surface area contributed by atoms with Gasteiger partial charge < -0.3 is 9.64 Å². The second kappa shape index (κ2) is 8.00. The number of piperidine rings is 1. The number of amides is 1. The number of ether oxygens (including phenoxy) is 1. The minimum atomic E-state index is -5.08. The fourth-order valence-corrected chi connectivity index (χ4v) is 3.27. The average Bonchev–Trinajstić information content (AvgIpc) is 2.57. The lowest BCUT2D eigenvalue weighted by atomic mass is 9.97. The molecular weight excluding hydrogens is 392 g/mol. The number of hydrogen-bond donors (Lipinski definition) is 0. The summed E-state index contributed by atoms with van der Waals surface area (Å²) >= 11 is 0. The Morgan fingerprint density at radius 2 is 1.43 bits per heavy atom. The molecule has 2 atom stereocenters. The first kappa shape index (κ1) is 22.0. The number of hydrogen-bond acceptors (Lipinski definition) is 3. The summed E-state index contributed by atoms with van der Waals surface area (Å²) < 4.78 is 81.9. The van der Waals surface area contributed by atoms with Crippen molar-refractivity contribution in [2.24, 2.45) is 0 Å². The molecule has 0 spiro atoms. The molecule has 1 fully saturated rings. The summed E-state index contributed by atoms with van der Waals surface area (Å²) in [6.45, 7) is 2.88. The van der Waals surface area contributed by atoms with Gasteiger partial charge in [-0.1, -0.05) is 0 Å². The number of alkyl halides is 6. The van der Waals surface area contributed by atoms with Crippen LogP contribution in [0.25, 0.3) is 0 Å². The lowest BCUT2D eigenvalue weighted by molar-refractivity contribution is -0.143. The van der Waals surface area contributed by atoms with E-state index in [1.54, 1.807) is 0 Å². The number of likely N-dealkylation sites (tertiary alicyclic amines) is 1. The Hall–Kier alpha value is -2.26. The maximum Gasteiger partial charge on any atom is 0.416 e. The number of nitrogens with zero attached hydrogens (tertiary/aromatic N) is 1. The van der Waals surface area contributed by atoms with Gasteiger partial charge in [-0.2, -0.15) is 26.3 Å². The summed E-state index contributed by atoms with van der Waals surface area (Å²) in [6.07, 6.45) is -7.72. The van der Waals surface area contributed by atoms with E-state index in [9.17, 15) is 35.9 Å². The molecule has 156 valence electrons. The zero-order valence-corrected chi connectivity index (χ0v) is 15.2. The van der Waals surface area contributed by atoms with Crippen LogP contribution in [0.4, 0.5) is 26.3 Å². The van der Waals surface area contributed by atoms with Crippen LogP contribution in [0.5, 0.6) is 0 Å². The third-order valence-electron chi connectivity index (χ3n) is 4.63. The number of esters is 1. The second-order valence-corrected chi connectivity index (χ2v) is 6.80. The van der Waals surface area contributed by atoms with E-state index in [1.807, 2.05) is 13.8 Å². The Morgan fingerprint density at radius 1 is 0.964 bits per heavy atom. The van der Waals surface area contributed by atoms with Crippen molar-refractivity contribution in [2.75, 3.05) is 6.61 Å². The van der Waals surface area contributed by atoms with E-state index in [-0.39, 0.29) is 30.3 Å². The van der Waals surface area contributed by atoms with E-state index < -0.39 is 47.5 Å². The summed E-state index contributed by atoms with van der Waals surface area (Å²) in [5, 5.41) is 0. The van der Waals surface area contributed by atoms with Crippen LogP contribution in [0.3, 0.4) is 0 Å². The molecular formula is C18H19F6NO3. The van der Waals surface area contributed by atoms with Gasteiger partial charge in [0.2, 0.25) is 0 Å². The molecule has 0 N–H and O–H groups in total. The standard InChI is InChI=1S/C18H19F6NO3/c1-10-4-3-5-11(2)25(10)15(26)9-28-16(27)12-6-13(17(19,20)21)8-14(7-12)18(22,23)24/h6-8,10-11H,3-5,9H2,1-2H3/t10-,11-/m0/s1. The molecule has 0 aliphatic carbocycles. The van der Waals surface area contributed by atoms with E-state index in [2.05, 4.69) is 0 Å². The minimum Gasteiger partial charge on any atom is -0.452 e. The quantitative estimate of drug-likeness (QED) is 0.537. The molecule has 1 heterocycles. The van der Waals surface area contributed by atoms with Crippen molar-refractivity contribution in [2.45, 2.75) is 57.5 Å². The van der Waals surface area contributed by atoms with Gasteiger partial charge in [0.05, 0.1) is 16.7 Å². The maximum absolute atomic E-state index is 12.9. The first-order valence-electron chi connectivity index (χ1n) is 8.58. The predicted molar refractivity (Wildman–Crippen MR) is 86.3 cm³/mol.